The summed E-state index contributed by atoms with van der Waals surface area (Å²) < 4.78 is 19.9. The van der Waals surface area contributed by atoms with Gasteiger partial charge < -0.3 is 10.1 Å². The van der Waals surface area contributed by atoms with Gasteiger partial charge in [0.25, 0.3) is 0 Å². The Morgan fingerprint density at radius 2 is 2.25 bits per heavy atom. The summed E-state index contributed by atoms with van der Waals surface area (Å²) in [6.45, 7) is 5.87. The molecule has 1 aliphatic carbocycles. The maximum atomic E-state index is 14.0. The third-order valence-electron chi connectivity index (χ3n) is 3.40. The Morgan fingerprint density at radius 3 is 2.95 bits per heavy atom. The molecule has 0 heterocycles. The van der Waals surface area contributed by atoms with Crippen molar-refractivity contribution in [2.24, 2.45) is 5.92 Å². The van der Waals surface area contributed by atoms with Crippen LogP contribution in [0.25, 0.3) is 0 Å². The second kappa shape index (κ2) is 7.44. The summed E-state index contributed by atoms with van der Waals surface area (Å²) in [5, 5.41) is 3.34. The molecule has 1 aromatic carbocycles. The zero-order valence-electron chi connectivity index (χ0n) is 12.4. The van der Waals surface area contributed by atoms with E-state index in [0.717, 1.165) is 31.4 Å². The van der Waals surface area contributed by atoms with Gasteiger partial charge in [0.05, 0.1) is 0 Å². The standard InChI is InChI=1S/C17H24FNO/c1-13(2)11-19-12-14-7-6-10-16(18)17(14)20-15-8-4-3-5-9-15/h4,6-8,10,13,15,19H,3,5,9,11-12H2,1-2H3. The molecule has 0 bridgehead atoms. The lowest BCUT2D eigenvalue weighted by Gasteiger charge is -2.21. The van der Waals surface area contributed by atoms with Crippen molar-refractivity contribution in [1.29, 1.82) is 0 Å². The molecule has 2 rings (SSSR count). The van der Waals surface area contributed by atoms with E-state index in [0.29, 0.717) is 18.2 Å². The topological polar surface area (TPSA) is 21.3 Å². The van der Waals surface area contributed by atoms with Gasteiger partial charge in [-0.05, 0) is 43.9 Å². The van der Waals surface area contributed by atoms with Gasteiger partial charge in [-0.1, -0.05) is 32.1 Å². The lowest BCUT2D eigenvalue weighted by atomic mass is 10.1. The molecule has 2 nitrogen and oxygen atoms in total. The smallest absolute Gasteiger partial charge is 0.165 e. The van der Waals surface area contributed by atoms with Crippen LogP contribution in [0.15, 0.2) is 30.4 Å². The molecule has 1 aliphatic rings. The van der Waals surface area contributed by atoms with Gasteiger partial charge in [-0.2, -0.15) is 0 Å². The van der Waals surface area contributed by atoms with Crippen molar-refractivity contribution in [3.8, 4) is 5.75 Å². The molecule has 0 aliphatic heterocycles. The Labute approximate surface area is 121 Å². The van der Waals surface area contributed by atoms with Crippen LogP contribution in [0.4, 0.5) is 4.39 Å². The number of hydrogen-bond acceptors (Lipinski definition) is 2. The van der Waals surface area contributed by atoms with Crippen LogP contribution in [-0.2, 0) is 6.54 Å². The highest BCUT2D eigenvalue weighted by Crippen LogP contribution is 2.26. The van der Waals surface area contributed by atoms with Crippen molar-refractivity contribution < 1.29 is 9.13 Å². The van der Waals surface area contributed by atoms with Crippen molar-refractivity contribution in [3.63, 3.8) is 0 Å². The zero-order valence-corrected chi connectivity index (χ0v) is 12.4. The van der Waals surface area contributed by atoms with Crippen LogP contribution in [0, 0.1) is 11.7 Å². The second-order valence-electron chi connectivity index (χ2n) is 5.77. The van der Waals surface area contributed by atoms with Crippen LogP contribution >= 0.6 is 0 Å². The van der Waals surface area contributed by atoms with Crippen molar-refractivity contribution in [1.82, 2.24) is 5.32 Å². The van der Waals surface area contributed by atoms with Gasteiger partial charge in [0.2, 0.25) is 0 Å². The van der Waals surface area contributed by atoms with E-state index in [1.54, 1.807) is 6.07 Å². The molecular formula is C17H24FNO. The fourth-order valence-electron chi connectivity index (χ4n) is 2.35. The molecule has 0 amide bonds. The SMILES string of the molecule is CC(C)CNCc1cccc(F)c1OC1C=CCCC1. The third-order valence-corrected chi connectivity index (χ3v) is 3.40. The first-order valence-corrected chi connectivity index (χ1v) is 7.48. The highest BCUT2D eigenvalue weighted by atomic mass is 19.1. The molecule has 20 heavy (non-hydrogen) atoms. The summed E-state index contributed by atoms with van der Waals surface area (Å²) in [6.07, 6.45) is 7.33. The van der Waals surface area contributed by atoms with Crippen molar-refractivity contribution in [2.75, 3.05) is 6.54 Å². The molecule has 0 saturated carbocycles. The predicted molar refractivity (Wildman–Crippen MR) is 80.4 cm³/mol. The molecule has 0 radical (unpaired) electrons. The predicted octanol–water partition coefficient (Wildman–Crippen LogP) is 4.06. The summed E-state index contributed by atoms with van der Waals surface area (Å²) in [7, 11) is 0. The van der Waals surface area contributed by atoms with Gasteiger partial charge >= 0.3 is 0 Å². The number of para-hydroxylation sites is 1. The molecule has 0 aromatic heterocycles. The normalized spacial score (nSPS) is 18.5. The highest BCUT2D eigenvalue weighted by molar-refractivity contribution is 5.35. The highest BCUT2D eigenvalue weighted by Gasteiger charge is 2.16. The van der Waals surface area contributed by atoms with Crippen molar-refractivity contribution in [2.45, 2.75) is 45.8 Å². The quantitative estimate of drug-likeness (QED) is 0.792. The molecule has 0 saturated heterocycles. The molecule has 110 valence electrons. The van der Waals surface area contributed by atoms with E-state index < -0.39 is 0 Å². The van der Waals surface area contributed by atoms with Gasteiger partial charge in [-0.3, -0.25) is 0 Å². The van der Waals surface area contributed by atoms with E-state index in [1.807, 2.05) is 12.1 Å². The average molecular weight is 277 g/mol. The Kier molecular flexibility index (Phi) is 5.60. The number of benzene rings is 1. The molecule has 0 fully saturated rings. The Bertz CT molecular complexity index is 456. The van der Waals surface area contributed by atoms with Crippen LogP contribution in [0.5, 0.6) is 5.75 Å². The zero-order chi connectivity index (χ0) is 14.4. The van der Waals surface area contributed by atoms with Gasteiger partial charge in [-0.15, -0.1) is 0 Å². The number of allylic oxidation sites excluding steroid dienone is 1. The number of ether oxygens (including phenoxy) is 1. The third kappa shape index (κ3) is 4.34. The van der Waals surface area contributed by atoms with Crippen LogP contribution in [0.2, 0.25) is 0 Å². The van der Waals surface area contributed by atoms with Gasteiger partial charge in [0.15, 0.2) is 11.6 Å². The molecule has 1 aromatic rings. The molecule has 1 unspecified atom stereocenters. The average Bonchev–Trinajstić information content (AvgIpc) is 2.43. The largest absolute Gasteiger partial charge is 0.483 e. The minimum Gasteiger partial charge on any atom is -0.483 e. The Hall–Kier alpha value is -1.35. The van der Waals surface area contributed by atoms with Crippen LogP contribution < -0.4 is 10.1 Å². The minimum atomic E-state index is -0.271. The number of hydrogen-bond donors (Lipinski definition) is 1. The van der Waals surface area contributed by atoms with Gasteiger partial charge in [0, 0.05) is 12.1 Å². The number of halogens is 1. The lowest BCUT2D eigenvalue weighted by molar-refractivity contribution is 0.217. The van der Waals surface area contributed by atoms with E-state index in [2.05, 4.69) is 25.2 Å². The Balaban J connectivity index is 2.05. The Morgan fingerprint density at radius 1 is 1.40 bits per heavy atom. The summed E-state index contributed by atoms with van der Waals surface area (Å²) in [5.41, 5.74) is 0.893. The first-order chi connectivity index (χ1) is 9.66. The molecule has 0 spiro atoms. The molecule has 3 heteroatoms. The molecular weight excluding hydrogens is 253 g/mol. The van der Waals surface area contributed by atoms with Crippen LogP contribution in [0.3, 0.4) is 0 Å². The van der Waals surface area contributed by atoms with E-state index in [-0.39, 0.29) is 11.9 Å². The fraction of sp³-hybridized carbons (Fsp3) is 0.529. The van der Waals surface area contributed by atoms with E-state index in [9.17, 15) is 4.39 Å². The maximum Gasteiger partial charge on any atom is 0.165 e. The van der Waals surface area contributed by atoms with Crippen molar-refractivity contribution in [3.05, 3.63) is 41.7 Å². The van der Waals surface area contributed by atoms with Gasteiger partial charge in [-0.25, -0.2) is 4.39 Å². The minimum absolute atomic E-state index is 0.00417. The van der Waals surface area contributed by atoms with E-state index >= 15 is 0 Å². The summed E-state index contributed by atoms with van der Waals surface area (Å²) in [6, 6.07) is 5.14. The summed E-state index contributed by atoms with van der Waals surface area (Å²) in [5.74, 6) is 0.710. The summed E-state index contributed by atoms with van der Waals surface area (Å²) >= 11 is 0. The first-order valence-electron chi connectivity index (χ1n) is 7.48. The van der Waals surface area contributed by atoms with E-state index in [4.69, 9.17) is 4.74 Å². The second-order valence-corrected chi connectivity index (χ2v) is 5.77. The lowest BCUT2D eigenvalue weighted by Crippen LogP contribution is -2.21. The first kappa shape index (κ1) is 15.0. The molecule has 1 N–H and O–H groups in total. The number of rotatable bonds is 6. The van der Waals surface area contributed by atoms with Crippen LogP contribution in [-0.4, -0.2) is 12.6 Å². The molecule has 1 atom stereocenters. The van der Waals surface area contributed by atoms with Crippen molar-refractivity contribution >= 4 is 0 Å². The monoisotopic (exact) mass is 277 g/mol. The van der Waals surface area contributed by atoms with E-state index in [1.165, 1.54) is 6.07 Å². The van der Waals surface area contributed by atoms with Crippen LogP contribution in [0.1, 0.15) is 38.7 Å². The van der Waals surface area contributed by atoms with Gasteiger partial charge in [0.1, 0.15) is 6.10 Å². The fourth-order valence-corrected chi connectivity index (χ4v) is 2.35. The maximum absolute atomic E-state index is 14.0. The number of nitrogens with one attached hydrogen (secondary N) is 1. The summed E-state index contributed by atoms with van der Waals surface area (Å²) in [4.78, 5) is 0.